The van der Waals surface area contributed by atoms with Gasteiger partial charge in [0.1, 0.15) is 11.3 Å². The Balaban J connectivity index is 2.66. The van der Waals surface area contributed by atoms with Crippen molar-refractivity contribution in [1.82, 2.24) is 0 Å². The molecule has 2 heteroatoms. The zero-order valence-electron chi connectivity index (χ0n) is 26.8. The number of aryl methyl sites for hydroxylation is 1. The number of benzene rings is 2. The van der Waals surface area contributed by atoms with E-state index in [2.05, 4.69) is 59.9 Å². The van der Waals surface area contributed by atoms with E-state index in [1.54, 1.807) is 33.8 Å². The van der Waals surface area contributed by atoms with Crippen LogP contribution in [0.4, 0.5) is 8.78 Å². The monoisotopic (exact) mass is 544 g/mol. The Hall–Kier alpha value is -3.00. The molecule has 0 nitrogen and oxygen atoms in total. The molecule has 0 saturated carbocycles. The molecule has 0 unspecified atom stereocenters. The molecule has 0 bridgehead atoms. The predicted octanol–water partition coefficient (Wildman–Crippen LogP) is 11.5. The Kier molecular flexibility index (Phi) is 10.9. The lowest BCUT2D eigenvalue weighted by molar-refractivity contribution is 0.221. The molecule has 0 spiro atoms. The van der Waals surface area contributed by atoms with E-state index in [0.717, 1.165) is 35.1 Å². The van der Waals surface area contributed by atoms with Gasteiger partial charge in [-0.3, -0.25) is 0 Å². The van der Waals surface area contributed by atoms with Crippen LogP contribution in [0.15, 0.2) is 83.5 Å². The van der Waals surface area contributed by atoms with Crippen molar-refractivity contribution in [2.24, 2.45) is 0 Å². The number of allylic oxidation sites excluding steroid dienone is 8. The Bertz CT molecular complexity index is 1360. The summed E-state index contributed by atoms with van der Waals surface area (Å²) in [5.41, 5.74) is 10.3. The standard InChI is InChI=1S/C38H50F2/c1-14-16-36(38(12,13)40)30(9)29(8)35-23-33(37(10,11)39)20-19-32(35)21-26(5)34(24(3)15-2)22-31-18-17-25(4)27(6)28(31)7/h14,16-20,23H,5,8,15,21-22H2,1-4,6-7,9-13H3/b16-14-,34-24-,36-30+. The second-order valence-corrected chi connectivity index (χ2v) is 12.2. The summed E-state index contributed by atoms with van der Waals surface area (Å²) in [5, 5.41) is 0. The summed E-state index contributed by atoms with van der Waals surface area (Å²) in [5.74, 6) is 0. The van der Waals surface area contributed by atoms with E-state index >= 15 is 8.78 Å². The van der Waals surface area contributed by atoms with Gasteiger partial charge in [-0.1, -0.05) is 62.1 Å². The third-order valence-electron chi connectivity index (χ3n) is 8.37. The lowest BCUT2D eigenvalue weighted by atomic mass is 9.82. The maximum absolute atomic E-state index is 15.2. The molecule has 0 aliphatic heterocycles. The maximum Gasteiger partial charge on any atom is 0.130 e. The van der Waals surface area contributed by atoms with Crippen LogP contribution < -0.4 is 0 Å². The fraction of sp³-hybridized carbons (Fsp3) is 0.421. The third-order valence-corrected chi connectivity index (χ3v) is 8.37. The molecule has 0 atom stereocenters. The summed E-state index contributed by atoms with van der Waals surface area (Å²) in [4.78, 5) is 0. The van der Waals surface area contributed by atoms with Crippen molar-refractivity contribution >= 4 is 5.57 Å². The van der Waals surface area contributed by atoms with Gasteiger partial charge in [-0.25, -0.2) is 8.78 Å². The van der Waals surface area contributed by atoms with E-state index in [0.29, 0.717) is 23.1 Å². The highest BCUT2D eigenvalue weighted by molar-refractivity contribution is 5.81. The normalized spacial score (nSPS) is 13.8. The van der Waals surface area contributed by atoms with Crippen LogP contribution in [0.1, 0.15) is 101 Å². The van der Waals surface area contributed by atoms with Gasteiger partial charge in [0.05, 0.1) is 0 Å². The molecule has 0 N–H and O–H groups in total. The van der Waals surface area contributed by atoms with E-state index in [9.17, 15) is 0 Å². The molecule has 2 aromatic rings. The molecular formula is C38H50F2. The zero-order chi connectivity index (χ0) is 30.6. The van der Waals surface area contributed by atoms with Crippen LogP contribution >= 0.6 is 0 Å². The van der Waals surface area contributed by atoms with Gasteiger partial charge in [0.2, 0.25) is 0 Å². The van der Waals surface area contributed by atoms with Gasteiger partial charge in [-0.05, 0) is 161 Å². The quantitative estimate of drug-likeness (QED) is 0.247. The second-order valence-electron chi connectivity index (χ2n) is 12.2. The first kappa shape index (κ1) is 33.2. The van der Waals surface area contributed by atoms with Gasteiger partial charge in [0.25, 0.3) is 0 Å². The smallest absolute Gasteiger partial charge is 0.130 e. The molecule has 40 heavy (non-hydrogen) atoms. The van der Waals surface area contributed by atoms with E-state index in [1.807, 2.05) is 38.1 Å². The number of rotatable bonds is 11. The molecule has 216 valence electrons. The summed E-state index contributed by atoms with van der Waals surface area (Å²) >= 11 is 0. The highest BCUT2D eigenvalue weighted by Gasteiger charge is 2.26. The average molecular weight is 545 g/mol. The Morgan fingerprint density at radius 1 is 0.875 bits per heavy atom. The van der Waals surface area contributed by atoms with Crippen LogP contribution in [0.2, 0.25) is 0 Å². The van der Waals surface area contributed by atoms with Gasteiger partial charge >= 0.3 is 0 Å². The number of halogens is 2. The number of alkyl halides is 2. The lowest BCUT2D eigenvalue weighted by Crippen LogP contribution is -2.17. The van der Waals surface area contributed by atoms with Crippen LogP contribution in [-0.2, 0) is 18.5 Å². The number of hydrogen-bond acceptors (Lipinski definition) is 0. The Labute approximate surface area is 243 Å². The third kappa shape index (κ3) is 7.80. The topological polar surface area (TPSA) is 0 Å². The maximum atomic E-state index is 15.2. The van der Waals surface area contributed by atoms with Gasteiger partial charge in [0.15, 0.2) is 0 Å². The van der Waals surface area contributed by atoms with E-state index in [-0.39, 0.29) is 0 Å². The molecule has 0 aliphatic rings. The number of hydrogen-bond donors (Lipinski definition) is 0. The highest BCUT2D eigenvalue weighted by Crippen LogP contribution is 2.37. The first-order chi connectivity index (χ1) is 18.4. The minimum Gasteiger partial charge on any atom is -0.239 e. The second kappa shape index (κ2) is 13.1. The van der Waals surface area contributed by atoms with Crippen LogP contribution in [0, 0.1) is 20.8 Å². The molecular weight excluding hydrogens is 494 g/mol. The molecule has 0 amide bonds. The Morgan fingerprint density at radius 3 is 2.00 bits per heavy atom. The Morgan fingerprint density at radius 2 is 1.48 bits per heavy atom. The van der Waals surface area contributed by atoms with Crippen molar-refractivity contribution in [2.75, 3.05) is 0 Å². The van der Waals surface area contributed by atoms with Crippen molar-refractivity contribution in [3.63, 3.8) is 0 Å². The minimum absolute atomic E-state index is 0.572. The summed E-state index contributed by atoms with van der Waals surface area (Å²) < 4.78 is 30.4. The fourth-order valence-electron chi connectivity index (χ4n) is 5.20. The summed E-state index contributed by atoms with van der Waals surface area (Å²) in [6.45, 7) is 29.9. The van der Waals surface area contributed by atoms with Gasteiger partial charge in [-0.15, -0.1) is 0 Å². The largest absolute Gasteiger partial charge is 0.239 e. The van der Waals surface area contributed by atoms with Crippen LogP contribution in [0.3, 0.4) is 0 Å². The van der Waals surface area contributed by atoms with Crippen molar-refractivity contribution in [2.45, 2.75) is 107 Å². The van der Waals surface area contributed by atoms with Crippen molar-refractivity contribution in [3.8, 4) is 0 Å². The molecule has 2 rings (SSSR count). The van der Waals surface area contributed by atoms with Crippen molar-refractivity contribution in [3.05, 3.63) is 122 Å². The molecule has 0 saturated heterocycles. The lowest BCUT2D eigenvalue weighted by Gasteiger charge is -2.24. The molecule has 0 aliphatic carbocycles. The first-order valence-corrected chi connectivity index (χ1v) is 14.4. The highest BCUT2D eigenvalue weighted by atomic mass is 19.1. The van der Waals surface area contributed by atoms with Crippen LogP contribution in [0.5, 0.6) is 0 Å². The summed E-state index contributed by atoms with van der Waals surface area (Å²) in [6, 6.07) is 10.2. The predicted molar refractivity (Wildman–Crippen MR) is 173 cm³/mol. The molecule has 2 aromatic carbocycles. The van der Waals surface area contributed by atoms with E-state index in [4.69, 9.17) is 0 Å². The fourth-order valence-corrected chi connectivity index (χ4v) is 5.20. The van der Waals surface area contributed by atoms with Crippen LogP contribution in [0.25, 0.3) is 5.57 Å². The zero-order valence-corrected chi connectivity index (χ0v) is 26.8. The van der Waals surface area contributed by atoms with Gasteiger partial charge in [0, 0.05) is 0 Å². The van der Waals surface area contributed by atoms with Crippen molar-refractivity contribution in [1.29, 1.82) is 0 Å². The van der Waals surface area contributed by atoms with Crippen molar-refractivity contribution < 1.29 is 8.78 Å². The van der Waals surface area contributed by atoms with Gasteiger partial charge in [-0.2, -0.15) is 0 Å². The van der Waals surface area contributed by atoms with Crippen LogP contribution in [-0.4, -0.2) is 5.67 Å². The molecule has 0 heterocycles. The minimum atomic E-state index is -1.54. The average Bonchev–Trinajstić information content (AvgIpc) is 2.87. The SMILES string of the molecule is C=C(Cc1ccc(C(C)(C)F)cc1C(=C)/C(C)=C(\C=C/C)C(C)(C)F)/C(Cc1ccc(C)c(C)c1C)=C(/C)CC. The molecule has 0 aromatic heterocycles. The first-order valence-electron chi connectivity index (χ1n) is 14.4. The molecule has 0 fully saturated rings. The summed E-state index contributed by atoms with van der Waals surface area (Å²) in [7, 11) is 0. The van der Waals surface area contributed by atoms with E-state index < -0.39 is 11.3 Å². The van der Waals surface area contributed by atoms with E-state index in [1.165, 1.54) is 33.4 Å². The molecule has 0 radical (unpaired) electrons. The summed E-state index contributed by atoms with van der Waals surface area (Å²) in [6.07, 6.45) is 6.00. The van der Waals surface area contributed by atoms with Gasteiger partial charge < -0.3 is 0 Å².